The Kier molecular flexibility index (Phi) is 7.34. The zero-order chi connectivity index (χ0) is 19.2. The number of aliphatic hydroxyl groups is 1. The molecule has 0 amide bonds. The van der Waals surface area contributed by atoms with E-state index in [0.717, 1.165) is 31.6 Å². The number of hydrogen-bond donors (Lipinski definition) is 2. The Morgan fingerprint density at radius 1 is 1.08 bits per heavy atom. The van der Waals surface area contributed by atoms with Gasteiger partial charge in [0.05, 0.1) is 11.0 Å². The van der Waals surface area contributed by atoms with Gasteiger partial charge in [0, 0.05) is 19.6 Å². The predicted octanol–water partition coefficient (Wildman–Crippen LogP) is 3.13. The fourth-order valence-electron chi connectivity index (χ4n) is 2.92. The van der Waals surface area contributed by atoms with Crippen LogP contribution in [0.3, 0.4) is 0 Å². The van der Waals surface area contributed by atoms with Crippen molar-refractivity contribution in [2.75, 3.05) is 13.1 Å². The molecule has 142 valence electrons. The average molecular weight is 378 g/mol. The van der Waals surface area contributed by atoms with Gasteiger partial charge in [0.2, 0.25) is 0 Å². The topological polar surface area (TPSA) is 77.8 Å². The first kappa shape index (κ1) is 20.6. The van der Waals surface area contributed by atoms with E-state index < -0.39 is 10.1 Å². The molecule has 1 aliphatic rings. The van der Waals surface area contributed by atoms with E-state index in [4.69, 9.17) is 4.55 Å². The molecule has 0 radical (unpaired) electrons. The fourth-order valence-corrected chi connectivity index (χ4v) is 3.40. The third kappa shape index (κ3) is 6.53. The molecule has 2 atom stereocenters. The minimum absolute atomic E-state index is 0.0666. The number of likely N-dealkylation sites (tertiary alicyclic amines) is 1. The SMILES string of the molecule is CC1CN(Cc2ccccc2)CCC1O.Cc1ccc(S(=O)(=O)O)cc1. The number of nitrogens with zero attached hydrogens (tertiary/aromatic N) is 1. The van der Waals surface area contributed by atoms with Crippen LogP contribution in [0.2, 0.25) is 0 Å². The first-order chi connectivity index (χ1) is 12.3. The van der Waals surface area contributed by atoms with E-state index in [1.807, 2.05) is 13.0 Å². The summed E-state index contributed by atoms with van der Waals surface area (Å²) in [4.78, 5) is 2.36. The summed E-state index contributed by atoms with van der Waals surface area (Å²) in [7, 11) is -4.02. The van der Waals surface area contributed by atoms with Crippen LogP contribution in [0.15, 0.2) is 59.5 Å². The molecule has 0 saturated carbocycles. The molecule has 1 saturated heterocycles. The summed E-state index contributed by atoms with van der Waals surface area (Å²) in [6.45, 7) is 7.00. The molecule has 2 aromatic carbocycles. The van der Waals surface area contributed by atoms with Crippen LogP contribution in [0.5, 0.6) is 0 Å². The maximum atomic E-state index is 10.5. The summed E-state index contributed by atoms with van der Waals surface area (Å²) in [5.41, 5.74) is 2.32. The molecule has 1 heterocycles. The van der Waals surface area contributed by atoms with Crippen molar-refractivity contribution >= 4 is 10.1 Å². The third-order valence-corrected chi connectivity index (χ3v) is 5.38. The predicted molar refractivity (Wildman–Crippen MR) is 103 cm³/mol. The summed E-state index contributed by atoms with van der Waals surface area (Å²) >= 11 is 0. The van der Waals surface area contributed by atoms with Crippen molar-refractivity contribution in [3.05, 3.63) is 65.7 Å². The highest BCUT2D eigenvalue weighted by Crippen LogP contribution is 2.18. The van der Waals surface area contributed by atoms with Crippen molar-refractivity contribution < 1.29 is 18.1 Å². The molecule has 1 fully saturated rings. The first-order valence-electron chi connectivity index (χ1n) is 8.74. The number of aliphatic hydroxyl groups excluding tert-OH is 1. The Bertz CT molecular complexity index is 775. The van der Waals surface area contributed by atoms with Gasteiger partial charge in [0.15, 0.2) is 0 Å². The van der Waals surface area contributed by atoms with Gasteiger partial charge in [-0.15, -0.1) is 0 Å². The van der Waals surface area contributed by atoms with Crippen molar-refractivity contribution in [3.8, 4) is 0 Å². The maximum Gasteiger partial charge on any atom is 0.294 e. The van der Waals surface area contributed by atoms with E-state index in [0.29, 0.717) is 5.92 Å². The fraction of sp³-hybridized carbons (Fsp3) is 0.400. The van der Waals surface area contributed by atoms with Crippen molar-refractivity contribution in [2.45, 2.75) is 37.8 Å². The highest BCUT2D eigenvalue weighted by Gasteiger charge is 2.23. The number of hydrogen-bond acceptors (Lipinski definition) is 4. The summed E-state index contributed by atoms with van der Waals surface area (Å²) in [5.74, 6) is 0.405. The van der Waals surface area contributed by atoms with Gasteiger partial charge in [0.25, 0.3) is 10.1 Å². The third-order valence-electron chi connectivity index (χ3n) is 4.51. The smallest absolute Gasteiger partial charge is 0.294 e. The summed E-state index contributed by atoms with van der Waals surface area (Å²) in [6.07, 6.45) is 0.811. The van der Waals surface area contributed by atoms with Gasteiger partial charge in [-0.05, 0) is 37.0 Å². The Morgan fingerprint density at radius 3 is 2.23 bits per heavy atom. The Hall–Kier alpha value is -1.73. The van der Waals surface area contributed by atoms with E-state index in [1.165, 1.54) is 17.7 Å². The Labute approximate surface area is 156 Å². The summed E-state index contributed by atoms with van der Waals surface area (Å²) < 4.78 is 29.6. The van der Waals surface area contributed by atoms with Crippen LogP contribution >= 0.6 is 0 Å². The monoisotopic (exact) mass is 377 g/mol. The lowest BCUT2D eigenvalue weighted by molar-refractivity contribution is 0.0320. The average Bonchev–Trinajstić information content (AvgIpc) is 2.59. The molecular weight excluding hydrogens is 350 g/mol. The lowest BCUT2D eigenvalue weighted by Gasteiger charge is -2.34. The van der Waals surface area contributed by atoms with E-state index in [9.17, 15) is 13.5 Å². The van der Waals surface area contributed by atoms with Gasteiger partial charge < -0.3 is 5.11 Å². The lowest BCUT2D eigenvalue weighted by Crippen LogP contribution is -2.41. The van der Waals surface area contributed by atoms with E-state index in [2.05, 4.69) is 36.1 Å². The molecule has 6 heteroatoms. The molecule has 0 aromatic heterocycles. The maximum absolute atomic E-state index is 10.5. The van der Waals surface area contributed by atoms with Crippen molar-refractivity contribution in [1.29, 1.82) is 0 Å². The molecule has 2 unspecified atom stereocenters. The van der Waals surface area contributed by atoms with Gasteiger partial charge in [0.1, 0.15) is 0 Å². The zero-order valence-corrected chi connectivity index (χ0v) is 16.1. The number of piperidine rings is 1. The van der Waals surface area contributed by atoms with Crippen molar-refractivity contribution in [1.82, 2.24) is 4.90 Å². The zero-order valence-electron chi connectivity index (χ0n) is 15.2. The van der Waals surface area contributed by atoms with Crippen molar-refractivity contribution in [2.24, 2.45) is 5.92 Å². The molecular formula is C20H27NO4S. The van der Waals surface area contributed by atoms with Crippen LogP contribution in [-0.2, 0) is 16.7 Å². The highest BCUT2D eigenvalue weighted by molar-refractivity contribution is 7.85. The molecule has 3 rings (SSSR count). The van der Waals surface area contributed by atoms with Gasteiger partial charge in [-0.25, -0.2) is 0 Å². The second-order valence-corrected chi connectivity index (χ2v) is 8.26. The molecule has 0 spiro atoms. The normalized spacial score (nSPS) is 20.9. The summed E-state index contributed by atoms with van der Waals surface area (Å²) in [5, 5.41) is 9.63. The second kappa shape index (κ2) is 9.28. The summed E-state index contributed by atoms with van der Waals surface area (Å²) in [6, 6.07) is 16.5. The van der Waals surface area contributed by atoms with Gasteiger partial charge >= 0.3 is 0 Å². The number of rotatable bonds is 3. The number of benzene rings is 2. The standard InChI is InChI=1S/C13H19NO.C7H8O3S/c1-11-9-14(8-7-13(11)15)10-12-5-3-2-4-6-12;1-6-2-4-7(5-3-6)11(8,9)10/h2-6,11,13,15H,7-10H2,1H3;2-5H,1H3,(H,8,9,10). The highest BCUT2D eigenvalue weighted by atomic mass is 32.2. The molecule has 1 aliphatic heterocycles. The molecule has 0 bridgehead atoms. The van der Waals surface area contributed by atoms with Crippen LogP contribution in [0.4, 0.5) is 0 Å². The Morgan fingerprint density at radius 2 is 1.69 bits per heavy atom. The molecule has 0 aliphatic carbocycles. The van der Waals surface area contributed by atoms with Gasteiger partial charge in [-0.3, -0.25) is 9.45 Å². The van der Waals surface area contributed by atoms with Crippen LogP contribution in [0.1, 0.15) is 24.5 Å². The van der Waals surface area contributed by atoms with Crippen LogP contribution < -0.4 is 0 Å². The van der Waals surface area contributed by atoms with E-state index in [1.54, 1.807) is 12.1 Å². The van der Waals surface area contributed by atoms with E-state index >= 15 is 0 Å². The van der Waals surface area contributed by atoms with Gasteiger partial charge in [-0.2, -0.15) is 8.42 Å². The molecule has 2 aromatic rings. The quantitative estimate of drug-likeness (QED) is 0.804. The second-order valence-electron chi connectivity index (χ2n) is 6.84. The Balaban J connectivity index is 0.000000197. The van der Waals surface area contributed by atoms with Gasteiger partial charge in [-0.1, -0.05) is 55.0 Å². The van der Waals surface area contributed by atoms with Crippen LogP contribution in [-0.4, -0.2) is 42.2 Å². The van der Waals surface area contributed by atoms with E-state index in [-0.39, 0.29) is 11.0 Å². The minimum atomic E-state index is -4.02. The first-order valence-corrected chi connectivity index (χ1v) is 10.2. The lowest BCUT2D eigenvalue weighted by atomic mass is 9.96. The molecule has 26 heavy (non-hydrogen) atoms. The largest absolute Gasteiger partial charge is 0.393 e. The van der Waals surface area contributed by atoms with Crippen LogP contribution in [0.25, 0.3) is 0 Å². The molecule has 5 nitrogen and oxygen atoms in total. The number of aryl methyl sites for hydroxylation is 1. The minimum Gasteiger partial charge on any atom is -0.393 e. The van der Waals surface area contributed by atoms with Crippen molar-refractivity contribution in [3.63, 3.8) is 0 Å². The molecule has 2 N–H and O–H groups in total. The van der Waals surface area contributed by atoms with Crippen LogP contribution in [0, 0.1) is 12.8 Å².